The van der Waals surface area contributed by atoms with Gasteiger partial charge in [0.1, 0.15) is 0 Å². The molecule has 0 aliphatic heterocycles. The van der Waals surface area contributed by atoms with Crippen molar-refractivity contribution in [1.29, 1.82) is 0 Å². The van der Waals surface area contributed by atoms with Crippen LogP contribution in [0.5, 0.6) is 0 Å². The Morgan fingerprint density at radius 2 is 1.78 bits per heavy atom. The molecule has 2 aromatic rings. The maximum Gasteiger partial charge on any atom is 0.0387 e. The minimum atomic E-state index is 0.136. The number of hydrogen-bond donors (Lipinski definition) is 1. The van der Waals surface area contributed by atoms with E-state index in [4.69, 9.17) is 5.73 Å². The number of thiophene rings is 1. The van der Waals surface area contributed by atoms with Gasteiger partial charge in [-0.05, 0) is 30.7 Å². The zero-order chi connectivity index (χ0) is 13.3. The summed E-state index contributed by atoms with van der Waals surface area (Å²) in [4.78, 5) is 2.45. The Bertz CT molecular complexity index is 542. The first-order valence-electron chi connectivity index (χ1n) is 5.53. The summed E-state index contributed by atoms with van der Waals surface area (Å²) < 4.78 is 3.19. The van der Waals surface area contributed by atoms with Gasteiger partial charge in [0.05, 0.1) is 0 Å². The van der Waals surface area contributed by atoms with Crippen LogP contribution in [0.4, 0.5) is 0 Å². The molecule has 0 aliphatic rings. The maximum atomic E-state index is 6.07. The fourth-order valence-corrected chi connectivity index (χ4v) is 5.78. The predicted octanol–water partition coefficient (Wildman–Crippen LogP) is 6.11. The number of hydrogen-bond acceptors (Lipinski definition) is 2. The first-order chi connectivity index (χ1) is 8.52. The Labute approximate surface area is 136 Å². The van der Waals surface area contributed by atoms with Gasteiger partial charge in [-0.2, -0.15) is 0 Å². The highest BCUT2D eigenvalue weighted by atomic mass is 79.9. The van der Waals surface area contributed by atoms with E-state index in [2.05, 4.69) is 79.0 Å². The molecule has 5 heteroatoms. The minimum Gasteiger partial charge on any atom is -0.323 e. The molecule has 1 aromatic carbocycles. The predicted molar refractivity (Wildman–Crippen MR) is 90.1 cm³/mol. The highest BCUT2D eigenvalue weighted by Crippen LogP contribution is 2.41. The van der Waals surface area contributed by atoms with Gasteiger partial charge in [-0.1, -0.05) is 54.7 Å². The number of nitrogens with two attached hydrogens (primary N) is 1. The average molecular weight is 454 g/mol. The SMILES string of the molecule is CCC(N)c1ccc(-c2c(Br)cc(Br)cc2Br)s1. The zero-order valence-electron chi connectivity index (χ0n) is 9.71. The van der Waals surface area contributed by atoms with Crippen molar-refractivity contribution in [3.63, 3.8) is 0 Å². The molecule has 1 nitrogen and oxygen atoms in total. The van der Waals surface area contributed by atoms with Gasteiger partial charge in [0.15, 0.2) is 0 Å². The summed E-state index contributed by atoms with van der Waals surface area (Å²) in [5.74, 6) is 0. The molecule has 18 heavy (non-hydrogen) atoms. The Hall–Kier alpha value is 0.320. The Kier molecular flexibility index (Phi) is 5.06. The van der Waals surface area contributed by atoms with Crippen LogP contribution in [0.15, 0.2) is 37.7 Å². The van der Waals surface area contributed by atoms with Crippen LogP contribution in [0, 0.1) is 0 Å². The molecule has 1 aromatic heterocycles. The van der Waals surface area contributed by atoms with E-state index in [9.17, 15) is 0 Å². The molecular formula is C13H12Br3NS. The lowest BCUT2D eigenvalue weighted by atomic mass is 10.2. The molecule has 1 heterocycles. The van der Waals surface area contributed by atoms with Crippen LogP contribution in [0.2, 0.25) is 0 Å². The molecule has 0 amide bonds. The smallest absolute Gasteiger partial charge is 0.0387 e. The summed E-state index contributed by atoms with van der Waals surface area (Å²) in [5, 5.41) is 0. The third-order valence-electron chi connectivity index (χ3n) is 2.69. The van der Waals surface area contributed by atoms with Crippen molar-refractivity contribution in [2.45, 2.75) is 19.4 Å². The van der Waals surface area contributed by atoms with E-state index in [0.717, 1.165) is 19.8 Å². The van der Waals surface area contributed by atoms with Crippen LogP contribution < -0.4 is 5.73 Å². The van der Waals surface area contributed by atoms with Gasteiger partial charge in [0, 0.05) is 34.8 Å². The second-order valence-corrected chi connectivity index (χ2v) is 7.70. The summed E-state index contributed by atoms with van der Waals surface area (Å²) in [7, 11) is 0. The second-order valence-electron chi connectivity index (χ2n) is 3.96. The molecule has 2 rings (SSSR count). The van der Waals surface area contributed by atoms with E-state index in [1.54, 1.807) is 11.3 Å². The van der Waals surface area contributed by atoms with Gasteiger partial charge in [-0.3, -0.25) is 0 Å². The van der Waals surface area contributed by atoms with E-state index in [1.165, 1.54) is 15.3 Å². The fraction of sp³-hybridized carbons (Fsp3) is 0.231. The molecule has 0 radical (unpaired) electrons. The average Bonchev–Trinajstić information content (AvgIpc) is 2.76. The van der Waals surface area contributed by atoms with Crippen LogP contribution in [0.25, 0.3) is 10.4 Å². The Morgan fingerprint density at radius 3 is 2.33 bits per heavy atom. The van der Waals surface area contributed by atoms with E-state index in [-0.39, 0.29) is 6.04 Å². The topological polar surface area (TPSA) is 26.0 Å². The van der Waals surface area contributed by atoms with E-state index < -0.39 is 0 Å². The third kappa shape index (κ3) is 3.07. The summed E-state index contributed by atoms with van der Waals surface area (Å²) in [6, 6.07) is 8.50. The van der Waals surface area contributed by atoms with Crippen LogP contribution in [0.1, 0.15) is 24.3 Å². The highest BCUT2D eigenvalue weighted by Gasteiger charge is 2.13. The molecule has 96 valence electrons. The van der Waals surface area contributed by atoms with Gasteiger partial charge >= 0.3 is 0 Å². The second kappa shape index (κ2) is 6.18. The molecular weight excluding hydrogens is 442 g/mol. The van der Waals surface area contributed by atoms with Crippen LogP contribution in [0.3, 0.4) is 0 Å². The highest BCUT2D eigenvalue weighted by molar-refractivity contribution is 9.11. The zero-order valence-corrected chi connectivity index (χ0v) is 15.3. The molecule has 1 unspecified atom stereocenters. The maximum absolute atomic E-state index is 6.07. The first kappa shape index (κ1) is 14.7. The van der Waals surface area contributed by atoms with Crippen molar-refractivity contribution in [3.05, 3.63) is 42.6 Å². The van der Waals surface area contributed by atoms with Crippen LogP contribution in [-0.2, 0) is 0 Å². The standard InChI is InChI=1S/C13H12Br3NS/c1-2-10(17)11-3-4-12(18-11)13-8(15)5-7(14)6-9(13)16/h3-6,10H,2,17H2,1H3. The third-order valence-corrected chi connectivity index (χ3v) is 5.63. The van der Waals surface area contributed by atoms with Gasteiger partial charge < -0.3 is 5.73 Å². The molecule has 0 fully saturated rings. The first-order valence-corrected chi connectivity index (χ1v) is 8.72. The number of halogens is 3. The van der Waals surface area contributed by atoms with E-state index in [1.807, 2.05) is 0 Å². The van der Waals surface area contributed by atoms with Crippen molar-refractivity contribution in [1.82, 2.24) is 0 Å². The van der Waals surface area contributed by atoms with Crippen LogP contribution >= 0.6 is 59.1 Å². The lowest BCUT2D eigenvalue weighted by Gasteiger charge is -2.07. The van der Waals surface area contributed by atoms with Crippen molar-refractivity contribution >= 4 is 59.1 Å². The van der Waals surface area contributed by atoms with Gasteiger partial charge in [0.25, 0.3) is 0 Å². The molecule has 0 saturated heterocycles. The lowest BCUT2D eigenvalue weighted by Crippen LogP contribution is -2.05. The minimum absolute atomic E-state index is 0.136. The Balaban J connectivity index is 2.46. The number of benzene rings is 1. The molecule has 0 spiro atoms. The number of rotatable bonds is 3. The summed E-state index contributed by atoms with van der Waals surface area (Å²) >= 11 is 12.5. The summed E-state index contributed by atoms with van der Waals surface area (Å²) in [5.41, 5.74) is 7.24. The van der Waals surface area contributed by atoms with Crippen LogP contribution in [-0.4, -0.2) is 0 Å². The van der Waals surface area contributed by atoms with Gasteiger partial charge in [-0.15, -0.1) is 11.3 Å². The largest absolute Gasteiger partial charge is 0.323 e. The lowest BCUT2D eigenvalue weighted by molar-refractivity contribution is 0.712. The van der Waals surface area contributed by atoms with E-state index >= 15 is 0 Å². The van der Waals surface area contributed by atoms with E-state index in [0.29, 0.717) is 0 Å². The van der Waals surface area contributed by atoms with Crippen molar-refractivity contribution in [2.24, 2.45) is 5.73 Å². The van der Waals surface area contributed by atoms with Gasteiger partial charge in [0.2, 0.25) is 0 Å². The monoisotopic (exact) mass is 451 g/mol. The fourth-order valence-electron chi connectivity index (χ4n) is 1.67. The summed E-state index contributed by atoms with van der Waals surface area (Å²) in [6.45, 7) is 2.11. The molecule has 0 saturated carbocycles. The summed E-state index contributed by atoms with van der Waals surface area (Å²) in [6.07, 6.45) is 0.961. The quantitative estimate of drug-likeness (QED) is 0.595. The normalized spacial score (nSPS) is 12.7. The van der Waals surface area contributed by atoms with Crippen molar-refractivity contribution in [2.75, 3.05) is 0 Å². The molecule has 0 bridgehead atoms. The van der Waals surface area contributed by atoms with Crippen molar-refractivity contribution < 1.29 is 0 Å². The molecule has 1 atom stereocenters. The van der Waals surface area contributed by atoms with Gasteiger partial charge in [-0.25, -0.2) is 0 Å². The van der Waals surface area contributed by atoms with Crippen molar-refractivity contribution in [3.8, 4) is 10.4 Å². The Morgan fingerprint density at radius 1 is 1.17 bits per heavy atom. The molecule has 0 aliphatic carbocycles. The molecule has 2 N–H and O–H groups in total.